The van der Waals surface area contributed by atoms with Crippen molar-refractivity contribution in [1.29, 1.82) is 0 Å². The molecule has 2 N–H and O–H groups in total. The fraction of sp³-hybridized carbons (Fsp3) is 0.0625. The van der Waals surface area contributed by atoms with E-state index in [4.69, 9.17) is 28.9 Å². The van der Waals surface area contributed by atoms with Gasteiger partial charge in [0.15, 0.2) is 0 Å². The summed E-state index contributed by atoms with van der Waals surface area (Å²) in [5, 5.41) is 5.73. The van der Waals surface area contributed by atoms with Gasteiger partial charge in [-0.15, -0.1) is 0 Å². The quantitative estimate of drug-likeness (QED) is 0.742. The molecule has 1 aromatic heterocycles. The standard InChI is InChI=1S/C16H13Cl2N3/c1-10-4-2-3-5-15(10)21-9-14(19)16(20-21)12-8-11(17)6-7-13(12)18/h2-9H,19H2,1H3. The molecule has 0 aliphatic heterocycles. The van der Waals surface area contributed by atoms with Crippen molar-refractivity contribution in [2.45, 2.75) is 6.92 Å². The van der Waals surface area contributed by atoms with Crippen molar-refractivity contribution in [3.05, 3.63) is 64.3 Å². The van der Waals surface area contributed by atoms with E-state index in [2.05, 4.69) is 5.10 Å². The van der Waals surface area contributed by atoms with Crippen molar-refractivity contribution in [3.63, 3.8) is 0 Å². The maximum atomic E-state index is 6.23. The average molecular weight is 318 g/mol. The Morgan fingerprint density at radius 3 is 2.62 bits per heavy atom. The Morgan fingerprint density at radius 2 is 1.86 bits per heavy atom. The summed E-state index contributed by atoms with van der Waals surface area (Å²) in [5.41, 5.74) is 10.1. The Balaban J connectivity index is 2.15. The molecular formula is C16H13Cl2N3. The van der Waals surface area contributed by atoms with E-state index < -0.39 is 0 Å². The third-order valence-corrected chi connectivity index (χ3v) is 3.85. The summed E-state index contributed by atoms with van der Waals surface area (Å²) in [6.45, 7) is 2.03. The van der Waals surface area contributed by atoms with Gasteiger partial charge in [-0.1, -0.05) is 41.4 Å². The zero-order chi connectivity index (χ0) is 15.0. The summed E-state index contributed by atoms with van der Waals surface area (Å²) in [5.74, 6) is 0. The van der Waals surface area contributed by atoms with E-state index in [9.17, 15) is 0 Å². The molecule has 0 spiro atoms. The largest absolute Gasteiger partial charge is 0.396 e. The molecule has 0 radical (unpaired) electrons. The lowest BCUT2D eigenvalue weighted by molar-refractivity contribution is 0.876. The zero-order valence-corrected chi connectivity index (χ0v) is 12.9. The summed E-state index contributed by atoms with van der Waals surface area (Å²) in [7, 11) is 0. The molecule has 0 saturated carbocycles. The highest BCUT2D eigenvalue weighted by molar-refractivity contribution is 6.35. The van der Waals surface area contributed by atoms with Crippen LogP contribution in [0.2, 0.25) is 10.0 Å². The number of nitrogen functional groups attached to an aromatic ring is 1. The second-order valence-electron chi connectivity index (χ2n) is 4.79. The number of hydrogen-bond acceptors (Lipinski definition) is 2. The van der Waals surface area contributed by atoms with Gasteiger partial charge in [0.2, 0.25) is 0 Å². The van der Waals surface area contributed by atoms with Crippen LogP contribution in [0.5, 0.6) is 0 Å². The number of nitrogens with zero attached hydrogens (tertiary/aromatic N) is 2. The Labute approximate surface area is 132 Å². The molecule has 2 aromatic carbocycles. The van der Waals surface area contributed by atoms with E-state index in [0.29, 0.717) is 21.4 Å². The number of anilines is 1. The van der Waals surface area contributed by atoms with Crippen molar-refractivity contribution < 1.29 is 0 Å². The number of nitrogens with two attached hydrogens (primary N) is 1. The van der Waals surface area contributed by atoms with E-state index in [0.717, 1.165) is 16.8 Å². The molecule has 0 atom stereocenters. The normalized spacial score (nSPS) is 10.8. The van der Waals surface area contributed by atoms with Crippen LogP contribution in [-0.4, -0.2) is 9.78 Å². The molecule has 0 unspecified atom stereocenters. The predicted molar refractivity (Wildman–Crippen MR) is 88.2 cm³/mol. The fourth-order valence-corrected chi connectivity index (χ4v) is 2.60. The lowest BCUT2D eigenvalue weighted by atomic mass is 10.1. The molecule has 0 aliphatic rings. The molecule has 3 rings (SSSR count). The summed E-state index contributed by atoms with van der Waals surface area (Å²) in [4.78, 5) is 0. The maximum Gasteiger partial charge on any atom is 0.117 e. The lowest BCUT2D eigenvalue weighted by Crippen LogP contribution is -1.97. The van der Waals surface area contributed by atoms with Gasteiger partial charge in [-0.25, -0.2) is 4.68 Å². The van der Waals surface area contributed by atoms with Gasteiger partial charge in [0.1, 0.15) is 5.69 Å². The van der Waals surface area contributed by atoms with Crippen LogP contribution in [0.15, 0.2) is 48.7 Å². The van der Waals surface area contributed by atoms with Gasteiger partial charge in [0.25, 0.3) is 0 Å². The van der Waals surface area contributed by atoms with Crippen LogP contribution < -0.4 is 5.73 Å². The average Bonchev–Trinajstić information content (AvgIpc) is 2.84. The van der Waals surface area contributed by atoms with Gasteiger partial charge in [-0.3, -0.25) is 0 Å². The topological polar surface area (TPSA) is 43.8 Å². The van der Waals surface area contributed by atoms with Crippen LogP contribution in [0.25, 0.3) is 16.9 Å². The molecule has 21 heavy (non-hydrogen) atoms. The van der Waals surface area contributed by atoms with Gasteiger partial charge in [-0.2, -0.15) is 5.10 Å². The summed E-state index contributed by atoms with van der Waals surface area (Å²) in [6, 6.07) is 13.2. The molecule has 0 fully saturated rings. The number of para-hydroxylation sites is 1. The molecule has 1 heterocycles. The molecule has 106 valence electrons. The first-order valence-corrected chi connectivity index (χ1v) is 7.18. The number of benzene rings is 2. The minimum absolute atomic E-state index is 0.558. The first-order valence-electron chi connectivity index (χ1n) is 6.43. The Morgan fingerprint density at radius 1 is 1.10 bits per heavy atom. The van der Waals surface area contributed by atoms with Crippen molar-refractivity contribution in [2.75, 3.05) is 5.73 Å². The number of halogens is 2. The molecule has 3 nitrogen and oxygen atoms in total. The monoisotopic (exact) mass is 317 g/mol. The van der Waals surface area contributed by atoms with Crippen molar-refractivity contribution in [2.24, 2.45) is 0 Å². The first kappa shape index (κ1) is 14.0. The van der Waals surface area contributed by atoms with Crippen LogP contribution in [-0.2, 0) is 0 Å². The van der Waals surface area contributed by atoms with Crippen LogP contribution in [0.3, 0.4) is 0 Å². The third kappa shape index (κ3) is 2.62. The van der Waals surface area contributed by atoms with Crippen LogP contribution in [0.4, 0.5) is 5.69 Å². The smallest absolute Gasteiger partial charge is 0.117 e. The summed E-state index contributed by atoms with van der Waals surface area (Å²) < 4.78 is 1.76. The van der Waals surface area contributed by atoms with Crippen LogP contribution in [0, 0.1) is 6.92 Å². The highest BCUT2D eigenvalue weighted by Crippen LogP contribution is 2.33. The Hall–Kier alpha value is -1.97. The number of aromatic nitrogens is 2. The SMILES string of the molecule is Cc1ccccc1-n1cc(N)c(-c2cc(Cl)ccc2Cl)n1. The molecule has 3 aromatic rings. The van der Waals surface area contributed by atoms with Crippen molar-refractivity contribution in [1.82, 2.24) is 9.78 Å². The van der Waals surface area contributed by atoms with E-state index in [1.807, 2.05) is 31.2 Å². The third-order valence-electron chi connectivity index (χ3n) is 3.29. The Bertz CT molecular complexity index is 809. The number of rotatable bonds is 2. The predicted octanol–water partition coefficient (Wildman–Crippen LogP) is 4.74. The summed E-state index contributed by atoms with van der Waals surface area (Å²) >= 11 is 12.3. The summed E-state index contributed by atoms with van der Waals surface area (Å²) in [6.07, 6.45) is 1.79. The van der Waals surface area contributed by atoms with Crippen LogP contribution in [0.1, 0.15) is 5.56 Å². The molecule has 0 saturated heterocycles. The molecule has 0 bridgehead atoms. The minimum atomic E-state index is 0.558. The van der Waals surface area contributed by atoms with Gasteiger partial charge < -0.3 is 5.73 Å². The highest BCUT2D eigenvalue weighted by Gasteiger charge is 2.14. The molecular weight excluding hydrogens is 305 g/mol. The van der Waals surface area contributed by atoms with Crippen molar-refractivity contribution in [3.8, 4) is 16.9 Å². The molecule has 0 aliphatic carbocycles. The van der Waals surface area contributed by atoms with Gasteiger partial charge in [-0.05, 0) is 36.8 Å². The zero-order valence-electron chi connectivity index (χ0n) is 11.3. The maximum absolute atomic E-state index is 6.23. The highest BCUT2D eigenvalue weighted by atomic mass is 35.5. The van der Waals surface area contributed by atoms with Gasteiger partial charge in [0, 0.05) is 10.6 Å². The lowest BCUT2D eigenvalue weighted by Gasteiger charge is -2.05. The van der Waals surface area contributed by atoms with E-state index >= 15 is 0 Å². The van der Waals surface area contributed by atoms with Crippen molar-refractivity contribution >= 4 is 28.9 Å². The molecule has 5 heteroatoms. The number of hydrogen-bond donors (Lipinski definition) is 1. The Kier molecular flexibility index (Phi) is 3.62. The van der Waals surface area contributed by atoms with Crippen LogP contribution >= 0.6 is 23.2 Å². The fourth-order valence-electron chi connectivity index (χ4n) is 2.22. The number of aryl methyl sites for hydroxylation is 1. The minimum Gasteiger partial charge on any atom is -0.396 e. The second-order valence-corrected chi connectivity index (χ2v) is 5.63. The molecule has 0 amide bonds. The van der Waals surface area contributed by atoms with E-state index in [1.165, 1.54) is 0 Å². The first-order chi connectivity index (χ1) is 10.1. The second kappa shape index (κ2) is 5.43. The van der Waals surface area contributed by atoms with Gasteiger partial charge in [0.05, 0.1) is 22.6 Å². The van der Waals surface area contributed by atoms with E-state index in [-0.39, 0.29) is 0 Å². The van der Waals surface area contributed by atoms with Gasteiger partial charge >= 0.3 is 0 Å². The van der Waals surface area contributed by atoms with E-state index in [1.54, 1.807) is 29.1 Å².